The molecular weight excluding hydrogens is 518 g/mol. The van der Waals surface area contributed by atoms with Crippen LogP contribution in [-0.4, -0.2) is 33.9 Å². The number of carbonyl (C=O) groups is 1. The Labute approximate surface area is 207 Å². The second-order valence-corrected chi connectivity index (χ2v) is 11.7. The van der Waals surface area contributed by atoms with Gasteiger partial charge in [-0.1, -0.05) is 29.8 Å². The van der Waals surface area contributed by atoms with Crippen LogP contribution in [0.3, 0.4) is 0 Å². The van der Waals surface area contributed by atoms with Crippen molar-refractivity contribution >= 4 is 43.1 Å². The lowest BCUT2D eigenvalue weighted by molar-refractivity contribution is 0.00687. The van der Waals surface area contributed by atoms with Crippen molar-refractivity contribution < 1.29 is 17.9 Å². The number of fused-ring (bicyclic) bond motifs is 1. The summed E-state index contributed by atoms with van der Waals surface area (Å²) < 4.78 is 34.0. The van der Waals surface area contributed by atoms with Gasteiger partial charge in [-0.05, 0) is 79.9 Å². The molecule has 9 heteroatoms. The van der Waals surface area contributed by atoms with E-state index in [0.717, 1.165) is 9.54 Å². The van der Waals surface area contributed by atoms with Crippen molar-refractivity contribution in [1.82, 2.24) is 13.9 Å². The molecule has 0 spiro atoms. The van der Waals surface area contributed by atoms with E-state index in [2.05, 4.69) is 25.9 Å². The highest BCUT2D eigenvalue weighted by atomic mass is 79.9. The van der Waals surface area contributed by atoms with Crippen molar-refractivity contribution in [2.75, 3.05) is 0 Å². The van der Waals surface area contributed by atoms with Crippen molar-refractivity contribution in [2.24, 2.45) is 0 Å². The van der Waals surface area contributed by atoms with E-state index in [-0.39, 0.29) is 10.5 Å². The molecule has 176 valence electrons. The van der Waals surface area contributed by atoms with Gasteiger partial charge in [0.15, 0.2) is 5.65 Å². The summed E-state index contributed by atoms with van der Waals surface area (Å²) in [6.45, 7) is 9.15. The van der Waals surface area contributed by atoms with Crippen LogP contribution < -0.4 is 0 Å². The highest BCUT2D eigenvalue weighted by Gasteiger charge is 2.25. The van der Waals surface area contributed by atoms with Gasteiger partial charge in [-0.25, -0.2) is 27.2 Å². The van der Waals surface area contributed by atoms with Crippen LogP contribution in [0, 0.1) is 13.8 Å². The first-order chi connectivity index (χ1) is 15.9. The molecule has 0 fully saturated rings. The summed E-state index contributed by atoms with van der Waals surface area (Å²) in [7, 11) is -3.91. The number of rotatable bonds is 4. The van der Waals surface area contributed by atoms with E-state index in [4.69, 9.17) is 4.74 Å². The fourth-order valence-corrected chi connectivity index (χ4v) is 5.15. The molecule has 0 atom stereocenters. The molecule has 0 unspecified atom stereocenters. The quantitative estimate of drug-likeness (QED) is 0.309. The summed E-state index contributed by atoms with van der Waals surface area (Å²) in [5.74, 6) is -0.413. The van der Waals surface area contributed by atoms with E-state index in [1.807, 2.05) is 40.7 Å². The largest absolute Gasteiger partial charge is 0.456 e. The van der Waals surface area contributed by atoms with Gasteiger partial charge >= 0.3 is 5.97 Å². The third-order valence-corrected chi connectivity index (χ3v) is 7.21. The van der Waals surface area contributed by atoms with Crippen molar-refractivity contribution in [3.63, 3.8) is 0 Å². The Kier molecular flexibility index (Phi) is 6.12. The molecule has 0 bridgehead atoms. The van der Waals surface area contributed by atoms with Gasteiger partial charge < -0.3 is 4.74 Å². The number of hydrogen-bond donors (Lipinski definition) is 0. The zero-order valence-electron chi connectivity index (χ0n) is 19.5. The predicted octanol–water partition coefficient (Wildman–Crippen LogP) is 5.67. The number of aromatic nitrogens is 3. The molecule has 7 nitrogen and oxygen atoms in total. The van der Waals surface area contributed by atoms with Crippen molar-refractivity contribution in [3.8, 4) is 11.1 Å². The number of aryl methyl sites for hydroxylation is 2. The first-order valence-electron chi connectivity index (χ1n) is 10.6. The van der Waals surface area contributed by atoms with Crippen LogP contribution in [-0.2, 0) is 14.8 Å². The summed E-state index contributed by atoms with van der Waals surface area (Å²) in [6.07, 6.45) is 2.98. The van der Waals surface area contributed by atoms with Crippen LogP contribution in [0.2, 0.25) is 0 Å². The molecule has 0 aliphatic rings. The fourth-order valence-electron chi connectivity index (χ4n) is 3.55. The Bertz CT molecular complexity index is 1520. The number of nitrogens with zero attached hydrogens (tertiary/aromatic N) is 3. The van der Waals surface area contributed by atoms with Crippen molar-refractivity contribution in [2.45, 2.75) is 45.1 Å². The Balaban J connectivity index is 1.86. The summed E-state index contributed by atoms with van der Waals surface area (Å²) in [5.41, 5.74) is 3.43. The average molecular weight is 542 g/mol. The first-order valence-corrected chi connectivity index (χ1v) is 12.8. The third kappa shape index (κ3) is 4.63. The Hall–Kier alpha value is -3.04. The predicted molar refractivity (Wildman–Crippen MR) is 134 cm³/mol. The van der Waals surface area contributed by atoms with E-state index in [0.29, 0.717) is 32.4 Å². The van der Waals surface area contributed by atoms with Gasteiger partial charge in [0.05, 0.1) is 16.7 Å². The number of benzene rings is 2. The summed E-state index contributed by atoms with van der Waals surface area (Å²) in [5, 5.41) is 0. The van der Waals surface area contributed by atoms with E-state index in [1.165, 1.54) is 12.4 Å². The molecule has 0 radical (unpaired) electrons. The van der Waals surface area contributed by atoms with Crippen LogP contribution in [0.1, 0.15) is 42.3 Å². The summed E-state index contributed by atoms with van der Waals surface area (Å²) >= 11 is 3.33. The van der Waals surface area contributed by atoms with Crippen LogP contribution in [0.5, 0.6) is 0 Å². The first kappa shape index (κ1) is 24.1. The van der Waals surface area contributed by atoms with Gasteiger partial charge in [0.1, 0.15) is 15.7 Å². The van der Waals surface area contributed by atoms with Gasteiger partial charge in [0, 0.05) is 11.8 Å². The average Bonchev–Trinajstić information content (AvgIpc) is 3.12. The number of hydrogen-bond acceptors (Lipinski definition) is 6. The molecule has 0 aliphatic carbocycles. The lowest BCUT2D eigenvalue weighted by atomic mass is 10.0. The Morgan fingerprint density at radius 1 is 1.06 bits per heavy atom. The molecule has 0 saturated carbocycles. The molecule has 2 aromatic heterocycles. The highest BCUT2D eigenvalue weighted by molar-refractivity contribution is 9.10. The van der Waals surface area contributed by atoms with E-state index < -0.39 is 21.6 Å². The third-order valence-electron chi connectivity index (χ3n) is 5.17. The molecule has 0 N–H and O–H groups in total. The van der Waals surface area contributed by atoms with Crippen LogP contribution in [0.15, 0.2) is 64.4 Å². The van der Waals surface area contributed by atoms with Crippen LogP contribution >= 0.6 is 15.9 Å². The summed E-state index contributed by atoms with van der Waals surface area (Å²) in [6, 6.07) is 11.9. The standard InChI is InChI=1S/C25H24BrN3O4S/c1-15-6-9-18(10-7-15)34(31,32)29-14-20(22-23(29)27-13-21(26)28-22)17-8-11-19(16(2)12-17)24(30)33-25(3,4)5/h6-14H,1-5H3. The Morgan fingerprint density at radius 2 is 1.74 bits per heavy atom. The zero-order chi connectivity index (χ0) is 24.8. The van der Waals surface area contributed by atoms with Gasteiger partial charge in [0.25, 0.3) is 10.0 Å². The maximum atomic E-state index is 13.5. The lowest BCUT2D eigenvalue weighted by Crippen LogP contribution is -2.24. The molecule has 34 heavy (non-hydrogen) atoms. The van der Waals surface area contributed by atoms with Gasteiger partial charge in [-0.2, -0.15) is 0 Å². The molecule has 0 aliphatic heterocycles. The maximum Gasteiger partial charge on any atom is 0.338 e. The minimum absolute atomic E-state index is 0.155. The van der Waals surface area contributed by atoms with E-state index >= 15 is 0 Å². The van der Waals surface area contributed by atoms with Crippen LogP contribution in [0.25, 0.3) is 22.3 Å². The molecule has 4 rings (SSSR count). The van der Waals surface area contributed by atoms with Gasteiger partial charge in [0.2, 0.25) is 0 Å². The van der Waals surface area contributed by atoms with Crippen molar-refractivity contribution in [1.29, 1.82) is 0 Å². The number of esters is 1. The van der Waals surface area contributed by atoms with Crippen molar-refractivity contribution in [3.05, 3.63) is 76.2 Å². The Morgan fingerprint density at radius 3 is 2.35 bits per heavy atom. The monoisotopic (exact) mass is 541 g/mol. The lowest BCUT2D eigenvalue weighted by Gasteiger charge is -2.20. The molecule has 2 heterocycles. The smallest absolute Gasteiger partial charge is 0.338 e. The molecule has 0 saturated heterocycles. The molecule has 0 amide bonds. The number of carbonyl (C=O) groups excluding carboxylic acids is 1. The topological polar surface area (TPSA) is 91.2 Å². The second-order valence-electron chi connectivity index (χ2n) is 9.05. The molecule has 2 aromatic carbocycles. The van der Waals surface area contributed by atoms with Crippen LogP contribution in [0.4, 0.5) is 0 Å². The SMILES string of the molecule is Cc1ccc(S(=O)(=O)n2cc(-c3ccc(C(=O)OC(C)(C)C)c(C)c3)c3nc(Br)cnc32)cc1. The minimum atomic E-state index is -3.91. The minimum Gasteiger partial charge on any atom is -0.456 e. The highest BCUT2D eigenvalue weighted by Crippen LogP contribution is 2.33. The molecule has 4 aromatic rings. The number of ether oxygens (including phenoxy) is 1. The van der Waals surface area contributed by atoms with Gasteiger partial charge in [-0.15, -0.1) is 0 Å². The number of halogens is 1. The summed E-state index contributed by atoms with van der Waals surface area (Å²) in [4.78, 5) is 21.6. The van der Waals surface area contributed by atoms with E-state index in [9.17, 15) is 13.2 Å². The van der Waals surface area contributed by atoms with E-state index in [1.54, 1.807) is 36.4 Å². The second kappa shape index (κ2) is 8.63. The zero-order valence-corrected chi connectivity index (χ0v) is 21.9. The maximum absolute atomic E-state index is 13.5. The van der Waals surface area contributed by atoms with Gasteiger partial charge in [-0.3, -0.25) is 0 Å². The fraction of sp³-hybridized carbons (Fsp3) is 0.240. The normalized spacial score (nSPS) is 12.2. The molecular formula is C25H24BrN3O4S.